The zero-order valence-electron chi connectivity index (χ0n) is 12.5. The van der Waals surface area contributed by atoms with Gasteiger partial charge in [0.2, 0.25) is 0 Å². The van der Waals surface area contributed by atoms with Gasteiger partial charge in [-0.15, -0.1) is 12.8 Å². The minimum atomic E-state index is 0. The smallest absolute Gasteiger partial charge is 0.269 e. The molecule has 0 spiro atoms. The average Bonchev–Trinajstić information content (AvgIpc) is 3.07. The molecule has 19 heavy (non-hydrogen) atoms. The van der Waals surface area contributed by atoms with Crippen molar-refractivity contribution in [2.45, 2.75) is 65.2 Å². The monoisotopic (exact) mass is 332 g/mol. The molecule has 0 aromatic rings. The van der Waals surface area contributed by atoms with Gasteiger partial charge in [0.1, 0.15) is 0 Å². The normalized spacial score (nSPS) is 15.5. The fourth-order valence-electron chi connectivity index (χ4n) is 1.98. The molecule has 0 aromatic heterocycles. The Kier molecular flexibility index (Phi) is 12.7. The maximum atomic E-state index is 3.30. The van der Waals surface area contributed by atoms with E-state index in [1.165, 1.54) is 49.7 Å². The maximum absolute atomic E-state index is 3.30. The first-order valence-corrected chi connectivity index (χ1v) is 7.39. The van der Waals surface area contributed by atoms with Crippen molar-refractivity contribution in [1.29, 1.82) is 0 Å². The molecular formula is C18H26Zr. The van der Waals surface area contributed by atoms with Gasteiger partial charge in [0.05, 0.1) is 0 Å². The van der Waals surface area contributed by atoms with Crippen molar-refractivity contribution in [3.05, 3.63) is 47.6 Å². The first kappa shape index (κ1) is 18.8. The Balaban J connectivity index is 0.000000324. The molecule has 0 fully saturated rings. The van der Waals surface area contributed by atoms with Crippen LogP contribution in [0.15, 0.2) is 35.5 Å². The molecule has 0 nitrogen and oxygen atoms in total. The van der Waals surface area contributed by atoms with Crippen molar-refractivity contribution >= 4 is 0 Å². The van der Waals surface area contributed by atoms with Crippen molar-refractivity contribution in [1.82, 2.24) is 0 Å². The van der Waals surface area contributed by atoms with Crippen molar-refractivity contribution in [2.24, 2.45) is 0 Å². The number of allylic oxidation sites excluding steroid dienone is 8. The van der Waals surface area contributed by atoms with E-state index >= 15 is 0 Å². The Morgan fingerprint density at radius 2 is 1.26 bits per heavy atom. The fraction of sp³-hybridized carbons (Fsp3) is 0.556. The number of hydrogen-bond acceptors (Lipinski definition) is 0. The molecule has 0 heterocycles. The summed E-state index contributed by atoms with van der Waals surface area (Å²) in [6.07, 6.45) is 25.1. The molecule has 0 bridgehead atoms. The first-order chi connectivity index (χ1) is 8.86. The Hall–Kier alpha value is -0.157. The molecule has 1 heteroatoms. The Morgan fingerprint density at radius 3 is 1.53 bits per heavy atom. The molecule has 0 unspecified atom stereocenters. The molecule has 0 saturated heterocycles. The van der Waals surface area contributed by atoms with Gasteiger partial charge in [0, 0.05) is 0 Å². The first-order valence-electron chi connectivity index (χ1n) is 7.39. The molecule has 0 aromatic carbocycles. The summed E-state index contributed by atoms with van der Waals surface area (Å²) in [6, 6.07) is 0. The van der Waals surface area contributed by atoms with E-state index in [0.717, 1.165) is 12.8 Å². The Morgan fingerprint density at radius 1 is 0.842 bits per heavy atom. The second kappa shape index (κ2) is 12.9. The largest absolute Gasteiger partial charge is 2.00 e. The fourth-order valence-corrected chi connectivity index (χ4v) is 1.98. The van der Waals surface area contributed by atoms with Crippen LogP contribution in [-0.4, -0.2) is 0 Å². The van der Waals surface area contributed by atoms with Gasteiger partial charge in [0.15, 0.2) is 0 Å². The molecule has 2 aliphatic rings. The van der Waals surface area contributed by atoms with Crippen LogP contribution < -0.4 is 0 Å². The summed E-state index contributed by atoms with van der Waals surface area (Å²) in [5.41, 5.74) is 2.83. The predicted molar refractivity (Wildman–Crippen MR) is 80.1 cm³/mol. The van der Waals surface area contributed by atoms with E-state index in [1.807, 2.05) is 0 Å². The van der Waals surface area contributed by atoms with E-state index in [4.69, 9.17) is 0 Å². The zero-order chi connectivity index (χ0) is 13.1. The van der Waals surface area contributed by atoms with Gasteiger partial charge < -0.3 is 0 Å². The number of unbranched alkanes of at least 4 members (excludes halogenated alkanes) is 2. The van der Waals surface area contributed by atoms with Crippen LogP contribution in [0.4, 0.5) is 0 Å². The standard InChI is InChI=1S/2C9H13.Zr/c2*1-2-3-6-9-7-4-5-8-9;/h2*4,7H,2-3,5-6H2,1H3;/q2*-1;+2. The second-order valence-electron chi connectivity index (χ2n) is 4.82. The maximum Gasteiger partial charge on any atom is 2.00 e. The van der Waals surface area contributed by atoms with Gasteiger partial charge in [-0.1, -0.05) is 52.4 Å². The molecule has 0 aliphatic heterocycles. The third kappa shape index (κ3) is 9.39. The molecular weight excluding hydrogens is 307 g/mol. The van der Waals surface area contributed by atoms with Crippen molar-refractivity contribution in [3.8, 4) is 0 Å². The molecule has 0 atom stereocenters. The van der Waals surface area contributed by atoms with Crippen molar-refractivity contribution in [3.63, 3.8) is 0 Å². The van der Waals surface area contributed by atoms with Gasteiger partial charge in [0.25, 0.3) is 0 Å². The van der Waals surface area contributed by atoms with E-state index in [1.54, 1.807) is 0 Å². The quantitative estimate of drug-likeness (QED) is 0.545. The molecule has 0 N–H and O–H groups in total. The number of hydrogen-bond donors (Lipinski definition) is 0. The molecule has 0 saturated carbocycles. The third-order valence-electron chi connectivity index (χ3n) is 3.13. The summed E-state index contributed by atoms with van der Waals surface area (Å²) in [7, 11) is 0. The Bertz CT molecular complexity index is 298. The minimum absolute atomic E-state index is 0. The third-order valence-corrected chi connectivity index (χ3v) is 3.13. The van der Waals surface area contributed by atoms with Crippen molar-refractivity contribution < 1.29 is 26.2 Å². The van der Waals surface area contributed by atoms with E-state index in [9.17, 15) is 0 Å². The van der Waals surface area contributed by atoms with E-state index in [2.05, 4.69) is 50.3 Å². The van der Waals surface area contributed by atoms with Crippen LogP contribution in [0.5, 0.6) is 0 Å². The Labute approximate surface area is 138 Å². The van der Waals surface area contributed by atoms with Gasteiger partial charge in [-0.25, -0.2) is 23.3 Å². The van der Waals surface area contributed by atoms with Crippen LogP contribution in [0.25, 0.3) is 0 Å². The van der Waals surface area contributed by atoms with E-state index < -0.39 is 0 Å². The minimum Gasteiger partial charge on any atom is -0.269 e. The van der Waals surface area contributed by atoms with Crippen LogP contribution in [0.3, 0.4) is 0 Å². The SMILES string of the molecule is CCCCC1=[C-]CC=C1.CCCCC1=[C-]CC=C1.[Zr+2]. The topological polar surface area (TPSA) is 0 Å². The second-order valence-corrected chi connectivity index (χ2v) is 4.82. The molecule has 2 aliphatic carbocycles. The predicted octanol–water partition coefficient (Wildman–Crippen LogP) is 5.73. The summed E-state index contributed by atoms with van der Waals surface area (Å²) in [6.45, 7) is 4.44. The van der Waals surface area contributed by atoms with Gasteiger partial charge in [-0.3, -0.25) is 12.2 Å². The van der Waals surface area contributed by atoms with Crippen LogP contribution in [0, 0.1) is 12.2 Å². The van der Waals surface area contributed by atoms with E-state index in [-0.39, 0.29) is 26.2 Å². The summed E-state index contributed by atoms with van der Waals surface area (Å²) < 4.78 is 0. The van der Waals surface area contributed by atoms with Crippen LogP contribution in [-0.2, 0) is 26.2 Å². The van der Waals surface area contributed by atoms with Crippen molar-refractivity contribution in [2.75, 3.05) is 0 Å². The van der Waals surface area contributed by atoms with Crippen LogP contribution in [0.2, 0.25) is 0 Å². The zero-order valence-corrected chi connectivity index (χ0v) is 14.9. The summed E-state index contributed by atoms with van der Waals surface area (Å²) in [5.74, 6) is 0. The molecule has 0 radical (unpaired) electrons. The molecule has 102 valence electrons. The van der Waals surface area contributed by atoms with Crippen LogP contribution >= 0.6 is 0 Å². The van der Waals surface area contributed by atoms with E-state index in [0.29, 0.717) is 0 Å². The van der Waals surface area contributed by atoms with Gasteiger partial charge in [-0.05, 0) is 0 Å². The summed E-state index contributed by atoms with van der Waals surface area (Å²) >= 11 is 0. The van der Waals surface area contributed by atoms with Gasteiger partial charge >= 0.3 is 26.2 Å². The van der Waals surface area contributed by atoms with Gasteiger partial charge in [-0.2, -0.15) is 12.2 Å². The number of rotatable bonds is 6. The molecule has 2 rings (SSSR count). The average molecular weight is 334 g/mol. The summed E-state index contributed by atoms with van der Waals surface area (Å²) in [5, 5.41) is 0. The molecule has 0 amide bonds. The summed E-state index contributed by atoms with van der Waals surface area (Å²) in [4.78, 5) is 0. The van der Waals surface area contributed by atoms with Crippen LogP contribution in [0.1, 0.15) is 65.2 Å².